The lowest BCUT2D eigenvalue weighted by Gasteiger charge is -2.23. The van der Waals surface area contributed by atoms with E-state index in [0.717, 1.165) is 37.4 Å². The Bertz CT molecular complexity index is 1090. The lowest BCUT2D eigenvalue weighted by Crippen LogP contribution is -2.32. The molecule has 1 fully saturated rings. The number of anilines is 1. The summed E-state index contributed by atoms with van der Waals surface area (Å²) < 4.78 is 27.6. The maximum Gasteiger partial charge on any atom is 0.293 e. The van der Waals surface area contributed by atoms with Crippen LogP contribution in [0.5, 0.6) is 0 Å². The number of aryl methyl sites for hydroxylation is 1. The number of rotatable bonds is 7. The molecule has 0 atom stereocenters. The summed E-state index contributed by atoms with van der Waals surface area (Å²) in [6.07, 6.45) is 9.06. The number of nitro groups is 1. The largest absolute Gasteiger partial charge is 0.349 e. The second kappa shape index (κ2) is 9.90. The van der Waals surface area contributed by atoms with Crippen molar-refractivity contribution in [1.82, 2.24) is 9.29 Å². The molecule has 0 N–H and O–H groups in total. The van der Waals surface area contributed by atoms with Crippen LogP contribution in [0.15, 0.2) is 41.3 Å². The van der Waals surface area contributed by atoms with Crippen LogP contribution in [0.1, 0.15) is 37.1 Å². The molecule has 0 spiro atoms. The van der Waals surface area contributed by atoms with Crippen LogP contribution >= 0.6 is 0 Å². The third-order valence-corrected chi connectivity index (χ3v) is 7.16. The Hall–Kier alpha value is -2.96. The number of pyridine rings is 1. The summed E-state index contributed by atoms with van der Waals surface area (Å²) in [7, 11) is -3.80. The van der Waals surface area contributed by atoms with Gasteiger partial charge in [-0.15, -0.1) is 6.42 Å². The van der Waals surface area contributed by atoms with Crippen molar-refractivity contribution < 1.29 is 13.3 Å². The van der Waals surface area contributed by atoms with Crippen LogP contribution in [0, 0.1) is 29.4 Å². The predicted octanol–water partition coefficient (Wildman–Crippen LogP) is 3.50. The van der Waals surface area contributed by atoms with Crippen molar-refractivity contribution in [1.29, 1.82) is 0 Å². The Morgan fingerprint density at radius 1 is 1.19 bits per heavy atom. The van der Waals surface area contributed by atoms with Crippen molar-refractivity contribution in [2.24, 2.45) is 0 Å². The fourth-order valence-electron chi connectivity index (χ4n) is 3.73. The molecule has 1 saturated heterocycles. The smallest absolute Gasteiger partial charge is 0.293 e. The van der Waals surface area contributed by atoms with Gasteiger partial charge in [-0.05, 0) is 44.0 Å². The van der Waals surface area contributed by atoms with Gasteiger partial charge >= 0.3 is 0 Å². The topological polar surface area (TPSA) is 96.7 Å². The standard InChI is InChI=1S/C22H26N4O4S/c1-3-13-24(17-19-10-8-9-18(2)23-19)21-12-11-20(16-22(21)26(27)28)31(29,30)25-14-6-4-5-7-15-25/h1,8-12,16H,4-7,13-15,17H2,2H3. The van der Waals surface area contributed by atoms with Crippen LogP contribution in [-0.4, -0.2) is 42.3 Å². The number of nitro benzene ring substituents is 1. The second-order valence-electron chi connectivity index (χ2n) is 7.56. The van der Waals surface area contributed by atoms with Crippen LogP contribution in [0.25, 0.3) is 0 Å². The van der Waals surface area contributed by atoms with Gasteiger partial charge in [-0.3, -0.25) is 15.1 Å². The number of hydrogen-bond donors (Lipinski definition) is 0. The van der Waals surface area contributed by atoms with E-state index in [9.17, 15) is 18.5 Å². The zero-order valence-electron chi connectivity index (χ0n) is 17.5. The quantitative estimate of drug-likeness (QED) is 0.370. The summed E-state index contributed by atoms with van der Waals surface area (Å²) in [5, 5.41) is 11.9. The first-order chi connectivity index (χ1) is 14.8. The van der Waals surface area contributed by atoms with Crippen LogP contribution < -0.4 is 4.90 Å². The van der Waals surface area contributed by atoms with Gasteiger partial charge in [0.15, 0.2) is 0 Å². The molecule has 1 aliphatic heterocycles. The fourth-order valence-corrected chi connectivity index (χ4v) is 5.27. The highest BCUT2D eigenvalue weighted by Crippen LogP contribution is 2.33. The van der Waals surface area contributed by atoms with Gasteiger partial charge in [0.05, 0.1) is 28.6 Å². The first kappa shape index (κ1) is 22.7. The molecule has 8 nitrogen and oxygen atoms in total. The van der Waals surface area contributed by atoms with Gasteiger partial charge in [-0.25, -0.2) is 8.42 Å². The molecule has 0 amide bonds. The zero-order chi connectivity index (χ0) is 22.4. The molecule has 1 aliphatic rings. The summed E-state index contributed by atoms with van der Waals surface area (Å²) in [5.41, 5.74) is 1.51. The van der Waals surface area contributed by atoms with Gasteiger partial charge in [-0.2, -0.15) is 4.31 Å². The van der Waals surface area contributed by atoms with Gasteiger partial charge in [0.1, 0.15) is 5.69 Å². The molecule has 31 heavy (non-hydrogen) atoms. The Balaban J connectivity index is 1.98. The maximum absolute atomic E-state index is 13.1. The predicted molar refractivity (Wildman–Crippen MR) is 119 cm³/mol. The summed E-state index contributed by atoms with van der Waals surface area (Å²) in [6.45, 7) is 3.11. The first-order valence-electron chi connectivity index (χ1n) is 10.2. The minimum atomic E-state index is -3.80. The highest BCUT2D eigenvalue weighted by Gasteiger charge is 2.29. The normalized spacial score (nSPS) is 15.1. The van der Waals surface area contributed by atoms with Crippen molar-refractivity contribution in [2.45, 2.75) is 44.0 Å². The number of benzene rings is 1. The van der Waals surface area contributed by atoms with Crippen LogP contribution in [-0.2, 0) is 16.6 Å². The molecule has 0 radical (unpaired) electrons. The Kier molecular flexibility index (Phi) is 7.25. The van der Waals surface area contributed by atoms with Crippen LogP contribution in [0.2, 0.25) is 0 Å². The number of aromatic nitrogens is 1. The molecule has 0 aliphatic carbocycles. The minimum absolute atomic E-state index is 0.0702. The van der Waals surface area contributed by atoms with Crippen molar-refractivity contribution in [3.05, 3.63) is 57.9 Å². The summed E-state index contributed by atoms with van der Waals surface area (Å²) in [5.74, 6) is 2.52. The van der Waals surface area contributed by atoms with E-state index in [0.29, 0.717) is 18.8 Å². The monoisotopic (exact) mass is 442 g/mol. The molecule has 1 aromatic heterocycles. The van der Waals surface area contributed by atoms with Gasteiger partial charge in [0.25, 0.3) is 5.69 Å². The molecular weight excluding hydrogens is 416 g/mol. The van der Waals surface area contributed by atoms with Crippen molar-refractivity contribution >= 4 is 21.4 Å². The highest BCUT2D eigenvalue weighted by molar-refractivity contribution is 7.89. The molecule has 2 aromatic rings. The zero-order valence-corrected chi connectivity index (χ0v) is 18.3. The van der Waals surface area contributed by atoms with E-state index >= 15 is 0 Å². The Morgan fingerprint density at radius 2 is 1.90 bits per heavy atom. The van der Waals surface area contributed by atoms with Crippen LogP contribution in [0.3, 0.4) is 0 Å². The molecule has 9 heteroatoms. The first-order valence-corrected chi connectivity index (χ1v) is 11.7. The van der Waals surface area contributed by atoms with Gasteiger partial charge < -0.3 is 4.90 Å². The maximum atomic E-state index is 13.1. The van der Waals surface area contributed by atoms with E-state index in [1.54, 1.807) is 4.90 Å². The molecule has 0 saturated carbocycles. The second-order valence-corrected chi connectivity index (χ2v) is 9.49. The Morgan fingerprint density at radius 3 is 2.52 bits per heavy atom. The number of terminal acetylenes is 1. The number of nitrogens with zero attached hydrogens (tertiary/aromatic N) is 4. The summed E-state index contributed by atoms with van der Waals surface area (Å²) >= 11 is 0. The summed E-state index contributed by atoms with van der Waals surface area (Å²) in [4.78, 5) is 17.3. The Labute approximate surface area is 183 Å². The van der Waals surface area contributed by atoms with Gasteiger partial charge in [0, 0.05) is 24.8 Å². The van der Waals surface area contributed by atoms with E-state index in [4.69, 9.17) is 6.42 Å². The van der Waals surface area contributed by atoms with E-state index < -0.39 is 14.9 Å². The van der Waals surface area contributed by atoms with Crippen molar-refractivity contribution in [3.63, 3.8) is 0 Å². The highest BCUT2D eigenvalue weighted by atomic mass is 32.2. The number of sulfonamides is 1. The molecule has 0 unspecified atom stereocenters. The number of hydrogen-bond acceptors (Lipinski definition) is 6. The van der Waals surface area contributed by atoms with Gasteiger partial charge in [-0.1, -0.05) is 24.8 Å². The lowest BCUT2D eigenvalue weighted by molar-refractivity contribution is -0.384. The summed E-state index contributed by atoms with van der Waals surface area (Å²) in [6, 6.07) is 9.58. The SMILES string of the molecule is C#CCN(Cc1cccc(C)n1)c1ccc(S(=O)(=O)N2CCCCCC2)cc1[N+](=O)[O-]. The molecule has 0 bridgehead atoms. The van der Waals surface area contributed by atoms with Gasteiger partial charge in [0.2, 0.25) is 10.0 Å². The van der Waals surface area contributed by atoms with Crippen molar-refractivity contribution in [2.75, 3.05) is 24.5 Å². The average molecular weight is 443 g/mol. The fraction of sp³-hybridized carbons (Fsp3) is 0.409. The average Bonchev–Trinajstić information content (AvgIpc) is 3.03. The third kappa shape index (κ3) is 5.40. The molecule has 1 aromatic carbocycles. The van der Waals surface area contributed by atoms with E-state index in [1.807, 2.05) is 25.1 Å². The molecule has 164 valence electrons. The lowest BCUT2D eigenvalue weighted by atomic mass is 10.2. The van der Waals surface area contributed by atoms with Crippen molar-refractivity contribution in [3.8, 4) is 12.3 Å². The van der Waals surface area contributed by atoms with E-state index in [-0.39, 0.29) is 29.4 Å². The molecular formula is C22H26N4O4S. The molecule has 3 rings (SSSR count). The third-order valence-electron chi connectivity index (χ3n) is 5.27. The van der Waals surface area contributed by atoms with E-state index in [1.165, 1.54) is 16.4 Å². The van der Waals surface area contributed by atoms with Crippen LogP contribution in [0.4, 0.5) is 11.4 Å². The minimum Gasteiger partial charge on any atom is -0.349 e. The molecule has 2 heterocycles. The van der Waals surface area contributed by atoms with E-state index in [2.05, 4.69) is 10.9 Å².